The fourth-order valence-electron chi connectivity index (χ4n) is 10.0. The predicted octanol–water partition coefficient (Wildman–Crippen LogP) is 15.4. The third kappa shape index (κ3) is 4.33. The molecule has 5 heterocycles. The minimum Gasteiger partial charge on any atom is -0.309 e. The van der Waals surface area contributed by atoms with Crippen LogP contribution in [0, 0.1) is 0 Å². The van der Waals surface area contributed by atoms with Crippen LogP contribution >= 0.6 is 22.7 Å². The van der Waals surface area contributed by atoms with E-state index >= 15 is 0 Å². The average molecular weight is 799 g/mol. The molecule has 4 nitrogen and oxygen atoms in total. The van der Waals surface area contributed by atoms with E-state index in [0.29, 0.717) is 5.95 Å². The first-order chi connectivity index (χ1) is 29.8. The molecular weight excluding hydrogens is 769 g/mol. The smallest absolute Gasteiger partial charge is 0.235 e. The highest BCUT2D eigenvalue weighted by molar-refractivity contribution is 7.27. The third-order valence-corrected chi connectivity index (χ3v) is 14.8. The minimum atomic E-state index is 0.663. The van der Waals surface area contributed by atoms with Gasteiger partial charge >= 0.3 is 0 Å². The Kier molecular flexibility index (Phi) is 6.56. The molecule has 0 saturated carbocycles. The second-order valence-electron chi connectivity index (χ2n) is 15.6. The van der Waals surface area contributed by atoms with E-state index in [9.17, 15) is 0 Å². The van der Waals surface area contributed by atoms with Crippen molar-refractivity contribution in [1.82, 2.24) is 19.1 Å². The molecule has 278 valence electrons. The zero-order valence-corrected chi connectivity index (χ0v) is 33.6. The molecule has 0 unspecified atom stereocenters. The Balaban J connectivity index is 1.14. The summed E-state index contributed by atoms with van der Waals surface area (Å²) in [6, 6.07) is 66.0. The van der Waals surface area contributed by atoms with Gasteiger partial charge in [-0.15, -0.1) is 22.7 Å². The summed E-state index contributed by atoms with van der Waals surface area (Å²) in [4.78, 5) is 11.1. The molecule has 0 bridgehead atoms. The van der Waals surface area contributed by atoms with Gasteiger partial charge in [-0.1, -0.05) is 127 Å². The fourth-order valence-corrected chi connectivity index (χ4v) is 12.4. The second kappa shape index (κ2) is 12.1. The fraction of sp³-hybridized carbons (Fsp3) is 0. The Morgan fingerprint density at radius 3 is 1.80 bits per heavy atom. The molecule has 0 fully saturated rings. The molecule has 0 aliphatic carbocycles. The van der Waals surface area contributed by atoms with Gasteiger partial charge in [0.2, 0.25) is 5.95 Å². The molecule has 9 aromatic carbocycles. The van der Waals surface area contributed by atoms with Crippen molar-refractivity contribution in [3.8, 4) is 22.9 Å². The van der Waals surface area contributed by atoms with Gasteiger partial charge in [-0.3, -0.25) is 4.57 Å². The van der Waals surface area contributed by atoms with E-state index in [1.54, 1.807) is 0 Å². The average Bonchev–Trinajstić information content (AvgIpc) is 4.06. The van der Waals surface area contributed by atoms with Crippen LogP contribution in [-0.4, -0.2) is 19.1 Å². The van der Waals surface area contributed by atoms with Crippen molar-refractivity contribution in [2.24, 2.45) is 0 Å². The number of thiophene rings is 2. The highest BCUT2D eigenvalue weighted by atomic mass is 32.1. The lowest BCUT2D eigenvalue weighted by Gasteiger charge is -2.14. The number of hydrogen-bond acceptors (Lipinski definition) is 4. The topological polar surface area (TPSA) is 35.6 Å². The molecule has 6 heteroatoms. The highest BCUT2D eigenvalue weighted by Gasteiger charge is 2.26. The standard InChI is InChI=1S/C54H30N4S2/c1-2-14-32(15-3-1)57-41-22-10-5-16-33(41)34-27-26-31(30-43(34)57)51-35-17-4-9-21-40(35)55-54(56-51)58-42-23-11-6-18-36(42)50-52(58)39-28-29-46-47(37-19-7-12-24-44(37)59-46)48(39)49-38-20-8-13-25-45(38)60-53(49)50/h1-30H. The Hall–Kier alpha value is -7.38. The zero-order chi connectivity index (χ0) is 39.1. The van der Waals surface area contributed by atoms with Crippen LogP contribution in [0.1, 0.15) is 0 Å². The van der Waals surface area contributed by atoms with Crippen molar-refractivity contribution >= 4 is 128 Å². The Labute approximate surface area is 350 Å². The SMILES string of the molecule is c1ccc(-n2c3ccccc3c3ccc(-c4nc(-n5c6ccccc6c6c7sc8ccccc8c7c7c(ccc8sc9ccccc9c87)c65)nc5ccccc45)cc32)cc1. The van der Waals surface area contributed by atoms with Crippen LogP contribution in [0.5, 0.6) is 0 Å². The molecule has 14 aromatic rings. The van der Waals surface area contributed by atoms with Gasteiger partial charge in [0.15, 0.2) is 0 Å². The van der Waals surface area contributed by atoms with Crippen LogP contribution < -0.4 is 0 Å². The highest BCUT2D eigenvalue weighted by Crippen LogP contribution is 2.51. The maximum Gasteiger partial charge on any atom is 0.235 e. The van der Waals surface area contributed by atoms with Crippen molar-refractivity contribution in [3.05, 3.63) is 182 Å². The van der Waals surface area contributed by atoms with Crippen LogP contribution in [0.2, 0.25) is 0 Å². The largest absolute Gasteiger partial charge is 0.309 e. The van der Waals surface area contributed by atoms with Gasteiger partial charge in [-0.2, -0.15) is 0 Å². The quantitative estimate of drug-likeness (QED) is 0.178. The summed E-state index contributed by atoms with van der Waals surface area (Å²) >= 11 is 3.77. The number of nitrogens with zero attached hydrogens (tertiary/aromatic N) is 4. The molecule has 5 aromatic heterocycles. The Morgan fingerprint density at radius 2 is 0.983 bits per heavy atom. The van der Waals surface area contributed by atoms with Crippen molar-refractivity contribution in [2.75, 3.05) is 0 Å². The Bertz CT molecular complexity index is 4130. The lowest BCUT2D eigenvalue weighted by molar-refractivity contribution is 1.02. The van der Waals surface area contributed by atoms with Crippen molar-refractivity contribution in [1.29, 1.82) is 0 Å². The summed E-state index contributed by atoms with van der Waals surface area (Å²) < 4.78 is 9.93. The molecule has 0 N–H and O–H groups in total. The number of fused-ring (bicyclic) bond motifs is 18. The molecule has 0 aliphatic rings. The van der Waals surface area contributed by atoms with Gasteiger partial charge in [0, 0.05) is 89.3 Å². The van der Waals surface area contributed by atoms with E-state index in [4.69, 9.17) is 9.97 Å². The van der Waals surface area contributed by atoms with Crippen molar-refractivity contribution in [2.45, 2.75) is 0 Å². The van der Waals surface area contributed by atoms with Crippen molar-refractivity contribution in [3.63, 3.8) is 0 Å². The number of benzene rings is 9. The van der Waals surface area contributed by atoms with E-state index < -0.39 is 0 Å². The van der Waals surface area contributed by atoms with Gasteiger partial charge in [-0.05, 0) is 54.6 Å². The van der Waals surface area contributed by atoms with Crippen LogP contribution in [-0.2, 0) is 0 Å². The Morgan fingerprint density at radius 1 is 0.367 bits per heavy atom. The minimum absolute atomic E-state index is 0.663. The number of rotatable bonds is 3. The summed E-state index contributed by atoms with van der Waals surface area (Å²) in [7, 11) is 0. The maximum atomic E-state index is 5.66. The van der Waals surface area contributed by atoms with Crippen LogP contribution in [0.4, 0.5) is 0 Å². The van der Waals surface area contributed by atoms with Crippen LogP contribution in [0.25, 0.3) is 129 Å². The summed E-state index contributed by atoms with van der Waals surface area (Å²) in [5, 5.41) is 13.7. The molecule has 0 saturated heterocycles. The summed E-state index contributed by atoms with van der Waals surface area (Å²) in [6.07, 6.45) is 0. The first-order valence-corrected chi connectivity index (χ1v) is 21.9. The number of hydrogen-bond donors (Lipinski definition) is 0. The van der Waals surface area contributed by atoms with Gasteiger partial charge in [0.05, 0.1) is 33.3 Å². The molecule has 14 rings (SSSR count). The van der Waals surface area contributed by atoms with Crippen LogP contribution in [0.15, 0.2) is 182 Å². The normalized spacial score (nSPS) is 12.3. The predicted molar refractivity (Wildman–Crippen MR) is 257 cm³/mol. The second-order valence-corrected chi connectivity index (χ2v) is 17.8. The van der Waals surface area contributed by atoms with Gasteiger partial charge in [-0.25, -0.2) is 9.97 Å². The zero-order valence-electron chi connectivity index (χ0n) is 31.9. The lowest BCUT2D eigenvalue weighted by Crippen LogP contribution is -2.04. The summed E-state index contributed by atoms with van der Waals surface area (Å²) in [6.45, 7) is 0. The monoisotopic (exact) mass is 798 g/mol. The molecule has 0 spiro atoms. The van der Waals surface area contributed by atoms with E-state index in [-0.39, 0.29) is 0 Å². The van der Waals surface area contributed by atoms with E-state index in [0.717, 1.165) is 44.4 Å². The molecule has 0 amide bonds. The number of para-hydroxylation sites is 4. The third-order valence-electron chi connectivity index (χ3n) is 12.5. The molecule has 0 atom stereocenters. The molecule has 0 aliphatic heterocycles. The van der Waals surface area contributed by atoms with Gasteiger partial charge in [0.1, 0.15) is 0 Å². The van der Waals surface area contributed by atoms with E-state index in [2.05, 4.69) is 191 Å². The molecule has 60 heavy (non-hydrogen) atoms. The maximum absolute atomic E-state index is 5.66. The van der Waals surface area contributed by atoms with E-state index in [1.807, 2.05) is 22.7 Å². The molecular formula is C54H30N4S2. The first-order valence-electron chi connectivity index (χ1n) is 20.2. The number of aromatic nitrogens is 4. The van der Waals surface area contributed by atoms with Crippen LogP contribution in [0.3, 0.4) is 0 Å². The van der Waals surface area contributed by atoms with E-state index in [1.165, 1.54) is 78.2 Å². The first kappa shape index (κ1) is 32.6. The molecule has 0 radical (unpaired) electrons. The van der Waals surface area contributed by atoms with Gasteiger partial charge < -0.3 is 4.57 Å². The lowest BCUT2D eigenvalue weighted by atomic mass is 9.96. The van der Waals surface area contributed by atoms with Crippen molar-refractivity contribution < 1.29 is 0 Å². The van der Waals surface area contributed by atoms with Gasteiger partial charge in [0.25, 0.3) is 0 Å². The summed E-state index contributed by atoms with van der Waals surface area (Å²) in [5.74, 6) is 0.663. The summed E-state index contributed by atoms with van der Waals surface area (Å²) in [5.41, 5.74) is 8.56.